The van der Waals surface area contributed by atoms with Crippen LogP contribution in [0.15, 0.2) is 0 Å². The third-order valence-electron chi connectivity index (χ3n) is 3.05. The van der Waals surface area contributed by atoms with Crippen LogP contribution < -0.4 is 5.32 Å². The van der Waals surface area contributed by atoms with Crippen LogP contribution in [0.5, 0.6) is 0 Å². The number of ether oxygens (including phenoxy) is 2. The Morgan fingerprint density at radius 3 is 2.48 bits per heavy atom. The molecule has 0 saturated carbocycles. The maximum absolute atomic E-state index is 11.7. The zero-order chi connectivity index (χ0) is 17.6. The lowest BCUT2D eigenvalue weighted by molar-refractivity contribution is -0.138. The minimum atomic E-state index is -0.328. The van der Waals surface area contributed by atoms with Crippen molar-refractivity contribution >= 4 is 12.4 Å². The Balaban J connectivity index is 0.000000322. The topological polar surface area (TPSA) is 82.5 Å². The summed E-state index contributed by atoms with van der Waals surface area (Å²) in [7, 11) is 0. The van der Waals surface area contributed by atoms with Gasteiger partial charge in [-0.05, 0) is 41.5 Å². The molecule has 0 saturated heterocycles. The van der Waals surface area contributed by atoms with Crippen LogP contribution in [0.3, 0.4) is 0 Å². The van der Waals surface area contributed by atoms with Gasteiger partial charge in [0.15, 0.2) is 0 Å². The molecule has 0 aliphatic carbocycles. The molecule has 2 rings (SSSR count). The van der Waals surface area contributed by atoms with Crippen LogP contribution in [0.1, 0.15) is 69.6 Å². The average Bonchev–Trinajstić information content (AvgIpc) is 2.97. The van der Waals surface area contributed by atoms with E-state index in [9.17, 15) is 9.59 Å². The monoisotopic (exact) mass is 325 g/mol. The van der Waals surface area contributed by atoms with Gasteiger partial charge in [-0.2, -0.15) is 0 Å². The van der Waals surface area contributed by atoms with E-state index in [4.69, 9.17) is 4.74 Å². The van der Waals surface area contributed by atoms with E-state index >= 15 is 0 Å². The van der Waals surface area contributed by atoms with Crippen molar-refractivity contribution < 1.29 is 19.1 Å². The number of imidazole rings is 1. The van der Waals surface area contributed by atoms with E-state index in [0.717, 1.165) is 24.5 Å². The summed E-state index contributed by atoms with van der Waals surface area (Å²) < 4.78 is 11.5. The van der Waals surface area contributed by atoms with Crippen molar-refractivity contribution in [1.82, 2.24) is 14.9 Å². The lowest BCUT2D eigenvalue weighted by atomic mass is 10.2. The molecular formula is C16H27N3O4. The number of hydrogen-bond donors (Lipinski definition) is 1. The molecule has 1 aliphatic rings. The van der Waals surface area contributed by atoms with E-state index in [-0.39, 0.29) is 17.6 Å². The number of fused-ring (bicyclic) bond motifs is 1. The standard InChI is InChI=1S/C11H17N3O2.C5H10O2/c1-4-16-11(15)10-13-8-5-12-6-9(8)14(10)7(2)3;1-5(2,3)7-4-6/h7,12H,4-6H2,1-3H3;4H,1-3H3. The molecule has 7 heteroatoms. The minimum Gasteiger partial charge on any atom is -0.462 e. The first-order chi connectivity index (χ1) is 10.7. The molecule has 130 valence electrons. The molecule has 7 nitrogen and oxygen atoms in total. The largest absolute Gasteiger partial charge is 0.462 e. The fourth-order valence-corrected chi connectivity index (χ4v) is 2.18. The minimum absolute atomic E-state index is 0.218. The number of nitrogens with zero attached hydrogens (tertiary/aromatic N) is 2. The van der Waals surface area contributed by atoms with E-state index in [1.807, 2.05) is 39.2 Å². The van der Waals surface area contributed by atoms with Gasteiger partial charge in [-0.25, -0.2) is 9.78 Å². The predicted octanol–water partition coefficient (Wildman–Crippen LogP) is 2.20. The molecule has 0 spiro atoms. The molecule has 1 aromatic rings. The average molecular weight is 325 g/mol. The maximum Gasteiger partial charge on any atom is 0.374 e. The first-order valence-corrected chi connectivity index (χ1v) is 7.80. The Hall–Kier alpha value is -1.89. The zero-order valence-electron chi connectivity index (χ0n) is 14.8. The summed E-state index contributed by atoms with van der Waals surface area (Å²) in [6, 6.07) is 0.218. The normalized spacial score (nSPS) is 13.2. The van der Waals surface area contributed by atoms with E-state index < -0.39 is 0 Å². The molecule has 0 radical (unpaired) electrons. The highest BCUT2D eigenvalue weighted by Gasteiger charge is 2.26. The number of esters is 1. The van der Waals surface area contributed by atoms with E-state index in [0.29, 0.717) is 18.9 Å². The van der Waals surface area contributed by atoms with Gasteiger partial charge in [0, 0.05) is 19.1 Å². The molecule has 2 heterocycles. The number of hydrogen-bond acceptors (Lipinski definition) is 6. The van der Waals surface area contributed by atoms with Gasteiger partial charge in [-0.3, -0.25) is 4.79 Å². The van der Waals surface area contributed by atoms with Crippen molar-refractivity contribution in [3.8, 4) is 0 Å². The highest BCUT2D eigenvalue weighted by atomic mass is 16.5. The summed E-state index contributed by atoms with van der Waals surface area (Å²) in [6.07, 6.45) is 0. The Kier molecular flexibility index (Phi) is 6.75. The molecule has 1 aliphatic heterocycles. The van der Waals surface area contributed by atoms with Crippen LogP contribution in [0.2, 0.25) is 0 Å². The highest BCUT2D eigenvalue weighted by molar-refractivity contribution is 5.86. The molecule has 0 aromatic carbocycles. The lowest BCUT2D eigenvalue weighted by Gasteiger charge is -2.14. The van der Waals surface area contributed by atoms with Crippen molar-refractivity contribution in [3.63, 3.8) is 0 Å². The lowest BCUT2D eigenvalue weighted by Crippen LogP contribution is -2.18. The molecule has 0 bridgehead atoms. The van der Waals surface area contributed by atoms with Gasteiger partial charge in [-0.15, -0.1) is 0 Å². The number of aromatic nitrogens is 2. The molecule has 0 atom stereocenters. The Bertz CT molecular complexity index is 544. The fraction of sp³-hybridized carbons (Fsp3) is 0.688. The first-order valence-electron chi connectivity index (χ1n) is 7.80. The highest BCUT2D eigenvalue weighted by Crippen LogP contribution is 2.22. The number of nitrogens with one attached hydrogen (secondary N) is 1. The van der Waals surface area contributed by atoms with Crippen LogP contribution in [0, 0.1) is 0 Å². The second-order valence-electron chi connectivity index (χ2n) is 6.44. The molecule has 0 amide bonds. The number of carbonyl (C=O) groups is 2. The van der Waals surface area contributed by atoms with Crippen molar-refractivity contribution in [2.45, 2.75) is 66.3 Å². The summed E-state index contributed by atoms with van der Waals surface area (Å²) >= 11 is 0. The van der Waals surface area contributed by atoms with E-state index in [1.165, 1.54) is 0 Å². The van der Waals surface area contributed by atoms with Gasteiger partial charge in [-0.1, -0.05) is 0 Å². The van der Waals surface area contributed by atoms with Crippen LogP contribution >= 0.6 is 0 Å². The van der Waals surface area contributed by atoms with Gasteiger partial charge < -0.3 is 19.4 Å². The van der Waals surface area contributed by atoms with Gasteiger partial charge in [0.2, 0.25) is 5.82 Å². The van der Waals surface area contributed by atoms with Gasteiger partial charge >= 0.3 is 5.97 Å². The maximum atomic E-state index is 11.7. The second kappa shape index (κ2) is 8.10. The number of carbonyl (C=O) groups excluding carboxylic acids is 2. The molecule has 1 N–H and O–H groups in total. The molecule has 0 unspecified atom stereocenters. The van der Waals surface area contributed by atoms with E-state index in [1.54, 1.807) is 6.92 Å². The second-order valence-corrected chi connectivity index (χ2v) is 6.44. The van der Waals surface area contributed by atoms with Crippen molar-refractivity contribution in [3.05, 3.63) is 17.2 Å². The van der Waals surface area contributed by atoms with Gasteiger partial charge in [0.25, 0.3) is 6.47 Å². The molecule has 0 fully saturated rings. The Morgan fingerprint density at radius 2 is 2.04 bits per heavy atom. The van der Waals surface area contributed by atoms with Crippen LogP contribution in [-0.4, -0.2) is 34.2 Å². The first kappa shape index (κ1) is 19.2. The summed E-state index contributed by atoms with van der Waals surface area (Å²) in [5.74, 6) is 0.106. The Labute approximate surface area is 137 Å². The van der Waals surface area contributed by atoms with Gasteiger partial charge in [0.1, 0.15) is 5.60 Å². The third kappa shape index (κ3) is 5.35. The molecule has 23 heavy (non-hydrogen) atoms. The SMILES string of the molecule is CC(C)(C)OC=O.CCOC(=O)c1nc2c(n1C(C)C)CNC2. The van der Waals surface area contributed by atoms with Crippen LogP contribution in [0.25, 0.3) is 0 Å². The molecular weight excluding hydrogens is 298 g/mol. The molecule has 1 aromatic heterocycles. The summed E-state index contributed by atoms with van der Waals surface area (Å²) in [5, 5.41) is 3.23. The van der Waals surface area contributed by atoms with Crippen LogP contribution in [0.4, 0.5) is 0 Å². The van der Waals surface area contributed by atoms with Crippen molar-refractivity contribution in [1.29, 1.82) is 0 Å². The predicted molar refractivity (Wildman–Crippen MR) is 86.0 cm³/mol. The quantitative estimate of drug-likeness (QED) is 0.675. The summed E-state index contributed by atoms with van der Waals surface area (Å²) in [6.45, 7) is 13.7. The summed E-state index contributed by atoms with van der Waals surface area (Å²) in [4.78, 5) is 25.7. The summed E-state index contributed by atoms with van der Waals surface area (Å²) in [5.41, 5.74) is 1.76. The van der Waals surface area contributed by atoms with Crippen molar-refractivity contribution in [2.75, 3.05) is 6.61 Å². The fourth-order valence-electron chi connectivity index (χ4n) is 2.18. The number of rotatable bonds is 4. The zero-order valence-corrected chi connectivity index (χ0v) is 14.8. The third-order valence-corrected chi connectivity index (χ3v) is 3.05. The van der Waals surface area contributed by atoms with Crippen LogP contribution in [-0.2, 0) is 27.4 Å². The van der Waals surface area contributed by atoms with E-state index in [2.05, 4.69) is 15.0 Å². The smallest absolute Gasteiger partial charge is 0.374 e. The Morgan fingerprint density at radius 1 is 1.39 bits per heavy atom. The van der Waals surface area contributed by atoms with Gasteiger partial charge in [0.05, 0.1) is 18.0 Å². The van der Waals surface area contributed by atoms with Crippen molar-refractivity contribution in [2.24, 2.45) is 0 Å².